The minimum Gasteiger partial charge on any atom is -0.508 e. The van der Waals surface area contributed by atoms with Crippen molar-refractivity contribution in [2.24, 2.45) is 28.1 Å². The van der Waals surface area contributed by atoms with E-state index in [9.17, 15) is 63.0 Å². The van der Waals surface area contributed by atoms with E-state index in [1.807, 2.05) is 24.3 Å². The normalized spacial score (nSPS) is 18.8. The zero-order valence-electron chi connectivity index (χ0n) is 56.2. The first kappa shape index (κ1) is 78.6. The second-order valence-corrected chi connectivity index (χ2v) is 25.6. The van der Waals surface area contributed by atoms with Crippen LogP contribution in [0.25, 0.3) is 10.8 Å². The fraction of sp³-hybridized carbons (Fsp3) is 0.471. The number of nitrogens with one attached hydrogen (secondary N) is 11. The van der Waals surface area contributed by atoms with E-state index in [-0.39, 0.29) is 108 Å². The van der Waals surface area contributed by atoms with Crippen LogP contribution in [-0.4, -0.2) is 191 Å². The van der Waals surface area contributed by atoms with Gasteiger partial charge in [0.15, 0.2) is 5.96 Å². The van der Waals surface area contributed by atoms with Crippen molar-refractivity contribution in [1.82, 2.24) is 63.4 Å². The SMILES string of the molecule is CC(=O)N[C@@H]1CCCNC(=O)CCNC(=O)C[C@H](C(=O)N[C@@H](CO)C(=O)N[C@@H](Cc2ccc(O)cc2)C(=O)N[C@H](Cc2ccc3ccccc3c2)C(=O)N[C@@H](CC(C)C)C(=O)N[C@@H](CCCN=C(N)N)C(=O)N2CCC[C@H]2C(=O)N[C@H](C)C(N)=O)NC(=O)[C@@H](Cc2ccc(Cl)cc2)NC1=O. The lowest BCUT2D eigenvalue weighted by Gasteiger charge is -2.31. The number of fused-ring (bicyclic) bond motifs is 1. The number of amides is 13. The topological polar surface area (TPSA) is 488 Å². The molecule has 4 aromatic rings. The quantitative estimate of drug-likeness (QED) is 0.0166. The monoisotopic (exact) mass is 1410 g/mol. The van der Waals surface area contributed by atoms with Crippen molar-refractivity contribution in [3.05, 3.63) is 113 Å². The molecule has 0 radical (unpaired) electrons. The Labute approximate surface area is 583 Å². The third-order valence-electron chi connectivity index (χ3n) is 16.6. The lowest BCUT2D eigenvalue weighted by Crippen LogP contribution is -2.62. The number of aromatic hydroxyl groups is 1. The fourth-order valence-corrected chi connectivity index (χ4v) is 11.4. The minimum atomic E-state index is -1.94. The van der Waals surface area contributed by atoms with Crippen LogP contribution in [0.4, 0.5) is 0 Å². The Kier molecular flexibility index (Phi) is 30.4. The number of halogens is 1. The molecule has 2 saturated heterocycles. The van der Waals surface area contributed by atoms with Gasteiger partial charge in [0.1, 0.15) is 66.2 Å². The molecule has 2 aliphatic heterocycles. The zero-order valence-corrected chi connectivity index (χ0v) is 57.0. The van der Waals surface area contributed by atoms with Crippen LogP contribution in [0, 0.1) is 5.92 Å². The molecule has 0 unspecified atom stereocenters. The standard InChI is InChI=1S/C68H91ClN16O15/c1-37(2)30-49(60(93)78-48(13-8-27-75-68(71)72)67(100)85-29-9-14-55(85)66(99)76-38(3)58(70)91)79-63(96)52(34-42-15-20-43-10-5-6-11-44(43)31-42)81-61(94)51(33-41-18-23-46(88)24-19-41)82-65(98)54(36-86)84-64(97)53-35-57(90)74-28-25-56(89)73-26-7-12-47(77-39(4)87)59(92)80-50(62(95)83-53)32-40-16-21-45(69)22-17-40/h5-6,10-11,15-24,31,37-38,47-55,86,88H,7-9,12-14,25-30,32-36H2,1-4H3,(H2,70,91)(H,73,89)(H,74,90)(H,76,99)(H,77,87)(H,78,93)(H,79,96)(H,80,92)(H,81,94)(H,82,98)(H,83,95)(H,84,97)(H4,71,72,75)/t38-,47-,48+,49+,50-,51+,52-,53-,54+,55+/m1/s1. The summed E-state index contributed by atoms with van der Waals surface area (Å²) in [4.78, 5) is 186. The molecule has 2 heterocycles. The Morgan fingerprint density at radius 3 is 1.89 bits per heavy atom. The van der Waals surface area contributed by atoms with Crippen molar-refractivity contribution >= 4 is 105 Å². The second-order valence-electron chi connectivity index (χ2n) is 25.1. The first-order valence-electron chi connectivity index (χ1n) is 33.1. The molecule has 32 heteroatoms. The first-order valence-corrected chi connectivity index (χ1v) is 33.4. The molecule has 6 rings (SSSR count). The number of nitrogens with two attached hydrogens (primary N) is 3. The first-order chi connectivity index (χ1) is 47.6. The molecule has 2 aliphatic rings. The van der Waals surface area contributed by atoms with Crippen molar-refractivity contribution in [2.75, 3.05) is 32.8 Å². The van der Waals surface area contributed by atoms with Crippen LogP contribution < -0.4 is 75.7 Å². The van der Waals surface area contributed by atoms with Crippen molar-refractivity contribution in [3.8, 4) is 5.75 Å². The van der Waals surface area contributed by atoms with Crippen LogP contribution in [0.15, 0.2) is 96.0 Å². The number of guanidine groups is 1. The van der Waals surface area contributed by atoms with Crippen LogP contribution in [0.5, 0.6) is 5.75 Å². The van der Waals surface area contributed by atoms with Crippen LogP contribution in [-0.2, 0) is 81.6 Å². The van der Waals surface area contributed by atoms with Gasteiger partial charge in [-0.25, -0.2) is 0 Å². The molecular formula is C68H91ClN16O15. The number of rotatable bonds is 28. The number of aliphatic hydroxyl groups excluding tert-OH is 1. The second kappa shape index (κ2) is 38.6. The smallest absolute Gasteiger partial charge is 0.245 e. The lowest BCUT2D eigenvalue weighted by atomic mass is 9.98. The van der Waals surface area contributed by atoms with E-state index >= 15 is 9.59 Å². The van der Waals surface area contributed by atoms with Gasteiger partial charge < -0.3 is 90.8 Å². The molecule has 0 saturated carbocycles. The van der Waals surface area contributed by atoms with Crippen molar-refractivity contribution in [1.29, 1.82) is 0 Å². The number of phenolic OH excluding ortho intramolecular Hbond substituents is 1. The summed E-state index contributed by atoms with van der Waals surface area (Å²) in [6.45, 7) is 5.06. The molecule has 19 N–H and O–H groups in total. The largest absolute Gasteiger partial charge is 0.508 e. The summed E-state index contributed by atoms with van der Waals surface area (Å²) in [6.07, 6.45) is -0.795. The van der Waals surface area contributed by atoms with E-state index in [1.54, 1.807) is 44.2 Å². The molecule has 0 aliphatic carbocycles. The molecule has 540 valence electrons. The van der Waals surface area contributed by atoms with Gasteiger partial charge in [0.2, 0.25) is 76.8 Å². The van der Waals surface area contributed by atoms with Gasteiger partial charge in [-0.2, -0.15) is 0 Å². The van der Waals surface area contributed by atoms with E-state index in [0.717, 1.165) is 10.8 Å². The molecule has 0 aromatic heterocycles. The summed E-state index contributed by atoms with van der Waals surface area (Å²) in [5.74, 6) is -11.5. The number of phenols is 1. The number of carbonyl (C=O) groups excluding carboxylic acids is 13. The third kappa shape index (κ3) is 25.1. The Morgan fingerprint density at radius 1 is 0.650 bits per heavy atom. The van der Waals surface area contributed by atoms with Crippen LogP contribution >= 0.6 is 11.6 Å². The van der Waals surface area contributed by atoms with Gasteiger partial charge in [0.25, 0.3) is 0 Å². The summed E-state index contributed by atoms with van der Waals surface area (Å²) in [7, 11) is 0. The maximum absolute atomic E-state index is 15.1. The Balaban J connectivity index is 1.30. The molecule has 100 heavy (non-hydrogen) atoms. The van der Waals surface area contributed by atoms with E-state index in [1.165, 1.54) is 55.1 Å². The summed E-state index contributed by atoms with van der Waals surface area (Å²) < 4.78 is 0. The highest BCUT2D eigenvalue weighted by molar-refractivity contribution is 6.30. The van der Waals surface area contributed by atoms with Gasteiger partial charge in [0, 0.05) is 63.8 Å². The van der Waals surface area contributed by atoms with Crippen LogP contribution in [0.3, 0.4) is 0 Å². The summed E-state index contributed by atoms with van der Waals surface area (Å²) >= 11 is 6.15. The van der Waals surface area contributed by atoms with Crippen LogP contribution in [0.1, 0.15) is 102 Å². The molecule has 10 atom stereocenters. The number of likely N-dealkylation sites (tertiary alicyclic amines) is 1. The van der Waals surface area contributed by atoms with Gasteiger partial charge in [-0.15, -0.1) is 0 Å². The Morgan fingerprint density at radius 2 is 1.25 bits per heavy atom. The molecule has 31 nitrogen and oxygen atoms in total. The average Bonchev–Trinajstić information content (AvgIpc) is 1.51. The van der Waals surface area contributed by atoms with Crippen molar-refractivity contribution in [3.63, 3.8) is 0 Å². The Bertz CT molecular complexity index is 3610. The van der Waals surface area contributed by atoms with Gasteiger partial charge >= 0.3 is 0 Å². The molecule has 0 spiro atoms. The predicted molar refractivity (Wildman–Crippen MR) is 368 cm³/mol. The van der Waals surface area contributed by atoms with Gasteiger partial charge in [0.05, 0.1) is 13.0 Å². The van der Waals surface area contributed by atoms with Crippen LogP contribution in [0.2, 0.25) is 5.02 Å². The highest BCUT2D eigenvalue weighted by atomic mass is 35.5. The molecule has 0 bridgehead atoms. The number of aliphatic hydroxyl groups is 1. The Hall–Kier alpha value is -10.4. The number of hydrogen-bond donors (Lipinski definition) is 16. The molecule has 13 amide bonds. The molecular weight excluding hydrogens is 1320 g/mol. The van der Waals surface area contributed by atoms with Crippen molar-refractivity contribution < 1.29 is 72.5 Å². The summed E-state index contributed by atoms with van der Waals surface area (Å²) in [5.41, 5.74) is 17.9. The number of nitrogens with zero attached hydrogens (tertiary/aromatic N) is 2. The van der Waals surface area contributed by atoms with Gasteiger partial charge in [-0.3, -0.25) is 67.3 Å². The van der Waals surface area contributed by atoms with Gasteiger partial charge in [-0.1, -0.05) is 92.2 Å². The van der Waals surface area contributed by atoms with Gasteiger partial charge in [-0.05, 0) is 110 Å². The number of hydrogen-bond acceptors (Lipinski definition) is 16. The summed E-state index contributed by atoms with van der Waals surface area (Å²) in [5, 5.41) is 51.7. The van der Waals surface area contributed by atoms with E-state index in [4.69, 9.17) is 28.8 Å². The number of benzene rings is 4. The number of aliphatic imine (C=N–C) groups is 1. The zero-order chi connectivity index (χ0) is 73.2. The van der Waals surface area contributed by atoms with Crippen molar-refractivity contribution in [2.45, 2.75) is 165 Å². The highest BCUT2D eigenvalue weighted by Crippen LogP contribution is 2.22. The summed E-state index contributed by atoms with van der Waals surface area (Å²) in [6, 6.07) is 10.0. The predicted octanol–water partition coefficient (Wildman–Crippen LogP) is -2.00. The molecule has 4 aromatic carbocycles. The third-order valence-corrected chi connectivity index (χ3v) is 16.9. The minimum absolute atomic E-state index is 0.00841. The lowest BCUT2D eigenvalue weighted by molar-refractivity contribution is -0.142. The fourth-order valence-electron chi connectivity index (χ4n) is 11.3. The number of carbonyl (C=O) groups is 13. The number of primary amides is 1. The van der Waals surface area contributed by atoms with E-state index in [2.05, 4.69) is 63.5 Å². The highest BCUT2D eigenvalue weighted by Gasteiger charge is 2.40. The molecule has 2 fully saturated rings. The van der Waals surface area contributed by atoms with E-state index < -0.39 is 150 Å². The maximum atomic E-state index is 15.1. The maximum Gasteiger partial charge on any atom is 0.245 e. The van der Waals surface area contributed by atoms with E-state index in [0.29, 0.717) is 28.1 Å². The average molecular weight is 1410 g/mol.